The van der Waals surface area contributed by atoms with Crippen molar-refractivity contribution >= 4 is 27.5 Å². The fourth-order valence-electron chi connectivity index (χ4n) is 2.85. The lowest BCUT2D eigenvalue weighted by atomic mass is 9.97. The number of piperidine rings is 1. The number of carbonyl (C=O) groups is 1. The van der Waals surface area contributed by atoms with Crippen LogP contribution in [0.4, 0.5) is 0 Å². The van der Waals surface area contributed by atoms with Crippen molar-refractivity contribution in [2.75, 3.05) is 13.1 Å². The quantitative estimate of drug-likeness (QED) is 0.835. The van der Waals surface area contributed by atoms with Gasteiger partial charge in [-0.15, -0.1) is 0 Å². The number of rotatable bonds is 5. The molecule has 26 heavy (non-hydrogen) atoms. The van der Waals surface area contributed by atoms with E-state index >= 15 is 0 Å². The van der Waals surface area contributed by atoms with Crippen molar-refractivity contribution in [1.82, 2.24) is 19.6 Å². The van der Waals surface area contributed by atoms with Crippen LogP contribution < -0.4 is 5.32 Å². The van der Waals surface area contributed by atoms with E-state index in [2.05, 4.69) is 15.3 Å². The number of hydrogen-bond acceptors (Lipinski definition) is 5. The number of sulfonamides is 1. The number of nitrogens with one attached hydrogen (secondary N) is 1. The van der Waals surface area contributed by atoms with Gasteiger partial charge in [-0.1, -0.05) is 29.8 Å². The maximum Gasteiger partial charge on any atom is 0.243 e. The molecular formula is C17H19ClN4O3S. The molecule has 2 aromatic rings. The van der Waals surface area contributed by atoms with Crippen molar-refractivity contribution < 1.29 is 13.2 Å². The van der Waals surface area contributed by atoms with E-state index in [1.807, 2.05) is 0 Å². The van der Waals surface area contributed by atoms with Gasteiger partial charge in [0.05, 0.1) is 29.5 Å². The number of halogens is 1. The van der Waals surface area contributed by atoms with Crippen LogP contribution in [0.5, 0.6) is 0 Å². The molecule has 2 heterocycles. The Morgan fingerprint density at radius 3 is 2.46 bits per heavy atom. The van der Waals surface area contributed by atoms with E-state index in [0.29, 0.717) is 36.8 Å². The number of nitrogens with zero attached hydrogens (tertiary/aromatic N) is 3. The molecule has 3 rings (SSSR count). The summed E-state index contributed by atoms with van der Waals surface area (Å²) in [5.41, 5.74) is 0.617. The summed E-state index contributed by atoms with van der Waals surface area (Å²) < 4.78 is 26.6. The second-order valence-electron chi connectivity index (χ2n) is 6.04. The van der Waals surface area contributed by atoms with E-state index in [-0.39, 0.29) is 23.3 Å². The lowest BCUT2D eigenvalue weighted by Gasteiger charge is -2.30. The zero-order chi connectivity index (χ0) is 18.6. The first-order valence-electron chi connectivity index (χ1n) is 8.26. The van der Waals surface area contributed by atoms with E-state index in [1.165, 1.54) is 16.7 Å². The number of amides is 1. The molecule has 0 radical (unpaired) electrons. The number of hydrogen-bond donors (Lipinski definition) is 1. The Bertz CT molecular complexity index is 851. The Morgan fingerprint density at radius 2 is 1.85 bits per heavy atom. The van der Waals surface area contributed by atoms with Crippen molar-refractivity contribution in [2.45, 2.75) is 24.3 Å². The summed E-state index contributed by atoms with van der Waals surface area (Å²) in [5, 5.41) is 3.12. The first-order chi connectivity index (χ1) is 12.5. The summed E-state index contributed by atoms with van der Waals surface area (Å²) in [6.45, 7) is 0.928. The van der Waals surface area contributed by atoms with Crippen LogP contribution in [0.3, 0.4) is 0 Å². The van der Waals surface area contributed by atoms with Gasteiger partial charge in [0.2, 0.25) is 15.9 Å². The lowest BCUT2D eigenvalue weighted by molar-refractivity contribution is -0.126. The zero-order valence-electron chi connectivity index (χ0n) is 14.0. The van der Waals surface area contributed by atoms with Gasteiger partial charge in [-0.2, -0.15) is 4.31 Å². The van der Waals surface area contributed by atoms with Crippen molar-refractivity contribution in [1.29, 1.82) is 0 Å². The van der Waals surface area contributed by atoms with Crippen molar-refractivity contribution in [3.05, 3.63) is 53.6 Å². The van der Waals surface area contributed by atoms with Crippen molar-refractivity contribution in [3.63, 3.8) is 0 Å². The summed E-state index contributed by atoms with van der Waals surface area (Å²) in [6, 6.07) is 8.35. The molecular weight excluding hydrogens is 376 g/mol. The molecule has 1 aromatic carbocycles. The first kappa shape index (κ1) is 18.8. The van der Waals surface area contributed by atoms with Gasteiger partial charge in [-0.05, 0) is 25.0 Å². The van der Waals surface area contributed by atoms with Gasteiger partial charge in [0.25, 0.3) is 0 Å². The van der Waals surface area contributed by atoms with Crippen molar-refractivity contribution in [3.8, 4) is 0 Å². The topological polar surface area (TPSA) is 92.3 Å². The fourth-order valence-corrected chi connectivity index (χ4v) is 4.44. The highest BCUT2D eigenvalue weighted by molar-refractivity contribution is 7.89. The van der Waals surface area contributed by atoms with Crippen LogP contribution in [0.1, 0.15) is 18.5 Å². The van der Waals surface area contributed by atoms with E-state index in [9.17, 15) is 13.2 Å². The van der Waals surface area contributed by atoms with Crippen LogP contribution in [0.2, 0.25) is 5.15 Å². The third-order valence-corrected chi connectivity index (χ3v) is 6.43. The van der Waals surface area contributed by atoms with Crippen LogP contribution in [0.25, 0.3) is 0 Å². The molecule has 1 N–H and O–H groups in total. The molecule has 0 aliphatic carbocycles. The highest BCUT2D eigenvalue weighted by atomic mass is 35.5. The first-order valence-corrected chi connectivity index (χ1v) is 10.1. The summed E-state index contributed by atoms with van der Waals surface area (Å²) in [5.74, 6) is -0.309. The Morgan fingerprint density at radius 1 is 1.15 bits per heavy atom. The summed E-state index contributed by atoms with van der Waals surface area (Å²) in [6.07, 6.45) is 3.92. The van der Waals surface area contributed by atoms with Gasteiger partial charge < -0.3 is 5.32 Å². The van der Waals surface area contributed by atoms with E-state index in [0.717, 1.165) is 0 Å². The maximum atomic E-state index is 12.6. The third kappa shape index (κ3) is 4.38. The van der Waals surface area contributed by atoms with Gasteiger partial charge in [0.15, 0.2) is 0 Å². The fraction of sp³-hybridized carbons (Fsp3) is 0.353. The van der Waals surface area contributed by atoms with E-state index < -0.39 is 10.0 Å². The van der Waals surface area contributed by atoms with E-state index in [1.54, 1.807) is 30.3 Å². The minimum Gasteiger partial charge on any atom is -0.350 e. The summed E-state index contributed by atoms with van der Waals surface area (Å²) in [7, 11) is -3.50. The Hall–Kier alpha value is -2.03. The van der Waals surface area contributed by atoms with Gasteiger partial charge >= 0.3 is 0 Å². The van der Waals surface area contributed by atoms with Gasteiger partial charge in [-0.3, -0.25) is 9.78 Å². The molecule has 9 heteroatoms. The highest BCUT2D eigenvalue weighted by Gasteiger charge is 2.31. The van der Waals surface area contributed by atoms with Gasteiger partial charge in [0, 0.05) is 19.0 Å². The van der Waals surface area contributed by atoms with Crippen LogP contribution in [-0.2, 0) is 21.4 Å². The Labute approximate surface area is 157 Å². The zero-order valence-corrected chi connectivity index (χ0v) is 15.6. The number of aromatic nitrogens is 2. The van der Waals surface area contributed by atoms with Crippen LogP contribution in [0, 0.1) is 5.92 Å². The Balaban J connectivity index is 1.53. The Kier molecular flexibility index (Phi) is 5.85. The molecule has 0 unspecified atom stereocenters. The smallest absolute Gasteiger partial charge is 0.243 e. The van der Waals surface area contributed by atoms with Gasteiger partial charge in [0.1, 0.15) is 5.15 Å². The molecule has 138 valence electrons. The average molecular weight is 395 g/mol. The average Bonchev–Trinajstić information content (AvgIpc) is 2.68. The molecule has 0 bridgehead atoms. The molecule has 0 atom stereocenters. The second kappa shape index (κ2) is 8.11. The molecule has 1 amide bonds. The largest absolute Gasteiger partial charge is 0.350 e. The molecule has 7 nitrogen and oxygen atoms in total. The van der Waals surface area contributed by atoms with Crippen molar-refractivity contribution in [2.24, 2.45) is 5.92 Å². The van der Waals surface area contributed by atoms with Crippen LogP contribution in [-0.4, -0.2) is 41.7 Å². The van der Waals surface area contributed by atoms with E-state index in [4.69, 9.17) is 11.6 Å². The molecule has 1 aliphatic rings. The minimum atomic E-state index is -3.50. The molecule has 0 spiro atoms. The monoisotopic (exact) mass is 394 g/mol. The molecule has 0 saturated carbocycles. The number of benzene rings is 1. The third-order valence-electron chi connectivity index (χ3n) is 4.32. The predicted molar refractivity (Wildman–Crippen MR) is 96.8 cm³/mol. The molecule has 1 aromatic heterocycles. The maximum absolute atomic E-state index is 12.6. The molecule has 1 fully saturated rings. The summed E-state index contributed by atoms with van der Waals surface area (Å²) in [4.78, 5) is 20.6. The predicted octanol–water partition coefficient (Wildman–Crippen LogP) is 1.85. The second-order valence-corrected chi connectivity index (χ2v) is 8.36. The minimum absolute atomic E-state index is 0.0986. The lowest BCUT2D eigenvalue weighted by Crippen LogP contribution is -2.42. The SMILES string of the molecule is O=C(NCc1cnc(Cl)cn1)C1CCN(S(=O)(=O)c2ccccc2)CC1. The van der Waals surface area contributed by atoms with Gasteiger partial charge in [-0.25, -0.2) is 13.4 Å². The van der Waals surface area contributed by atoms with Crippen LogP contribution in [0.15, 0.2) is 47.6 Å². The summed E-state index contributed by atoms with van der Waals surface area (Å²) >= 11 is 5.68. The normalized spacial score (nSPS) is 16.3. The molecule has 1 saturated heterocycles. The standard InChI is InChI=1S/C17H19ClN4O3S/c18-16-12-19-14(10-20-16)11-21-17(23)13-6-8-22(9-7-13)26(24,25)15-4-2-1-3-5-15/h1-5,10,12-13H,6-9,11H2,(H,21,23). The molecule has 1 aliphatic heterocycles. The highest BCUT2D eigenvalue weighted by Crippen LogP contribution is 2.23. The van der Waals surface area contributed by atoms with Crippen LogP contribution >= 0.6 is 11.6 Å². The number of carbonyl (C=O) groups excluding carboxylic acids is 1.